The normalized spacial score (nSPS) is 19.2. The summed E-state index contributed by atoms with van der Waals surface area (Å²) in [6.07, 6.45) is 6.32. The number of pyridine rings is 2. The van der Waals surface area contributed by atoms with Crippen molar-refractivity contribution in [3.63, 3.8) is 0 Å². The molecule has 2 aromatic heterocycles. The van der Waals surface area contributed by atoms with E-state index in [2.05, 4.69) is 27.5 Å². The van der Waals surface area contributed by atoms with Crippen molar-refractivity contribution >= 4 is 47.3 Å². The van der Waals surface area contributed by atoms with Crippen LogP contribution in [0.5, 0.6) is 5.75 Å². The van der Waals surface area contributed by atoms with Gasteiger partial charge >= 0.3 is 7.12 Å². The lowest BCUT2D eigenvalue weighted by Gasteiger charge is -2.32. The van der Waals surface area contributed by atoms with E-state index in [4.69, 9.17) is 14.0 Å². The van der Waals surface area contributed by atoms with Gasteiger partial charge < -0.3 is 29.6 Å². The molecule has 2 amide bonds. The number of amides is 2. The van der Waals surface area contributed by atoms with E-state index in [1.807, 2.05) is 76.0 Å². The van der Waals surface area contributed by atoms with E-state index in [1.54, 1.807) is 30.6 Å². The summed E-state index contributed by atoms with van der Waals surface area (Å²) in [6.45, 7) is 14.9. The van der Waals surface area contributed by atoms with Gasteiger partial charge in [-0.05, 0) is 95.4 Å². The molecule has 239 valence electrons. The quantitative estimate of drug-likeness (QED) is 0.242. The molecule has 0 aliphatic carbocycles. The number of ether oxygens (including phenoxy) is 1. The first-order valence-corrected chi connectivity index (χ1v) is 15.8. The molecule has 7 rings (SSSR count). The van der Waals surface area contributed by atoms with Gasteiger partial charge in [-0.1, -0.05) is 6.07 Å². The number of hydrogen-bond acceptors (Lipinski definition) is 8. The summed E-state index contributed by atoms with van der Waals surface area (Å²) < 4.78 is 18.6. The third-order valence-corrected chi connectivity index (χ3v) is 9.50. The molecule has 2 saturated heterocycles. The van der Waals surface area contributed by atoms with Crippen LogP contribution in [0.25, 0.3) is 11.1 Å². The summed E-state index contributed by atoms with van der Waals surface area (Å²) in [4.78, 5) is 36.2. The summed E-state index contributed by atoms with van der Waals surface area (Å²) in [7, 11) is -0.558. The highest BCUT2D eigenvalue weighted by Crippen LogP contribution is 2.44. The second-order valence-corrected chi connectivity index (χ2v) is 13.3. The van der Waals surface area contributed by atoms with E-state index >= 15 is 0 Å². The fourth-order valence-corrected chi connectivity index (χ4v) is 6.15. The molecule has 47 heavy (non-hydrogen) atoms. The van der Waals surface area contributed by atoms with Crippen LogP contribution in [0.2, 0.25) is 0 Å². The van der Waals surface area contributed by atoms with Crippen molar-refractivity contribution in [1.29, 1.82) is 0 Å². The second-order valence-electron chi connectivity index (χ2n) is 13.3. The van der Waals surface area contributed by atoms with Crippen molar-refractivity contribution < 1.29 is 23.6 Å². The van der Waals surface area contributed by atoms with Gasteiger partial charge in [0.05, 0.1) is 35.0 Å². The van der Waals surface area contributed by atoms with Gasteiger partial charge in [0.15, 0.2) is 0 Å². The summed E-state index contributed by atoms with van der Waals surface area (Å²) >= 11 is 0. The number of nitrogens with zero attached hydrogens (tertiary/aromatic N) is 3. The zero-order valence-electron chi connectivity index (χ0n) is 27.2. The average molecular weight is 631 g/mol. The summed E-state index contributed by atoms with van der Waals surface area (Å²) in [5.74, 6) is 1.21. The van der Waals surface area contributed by atoms with Crippen molar-refractivity contribution in [2.75, 3.05) is 22.1 Å². The van der Waals surface area contributed by atoms with Crippen molar-refractivity contribution in [3.05, 3.63) is 90.7 Å². The highest BCUT2D eigenvalue weighted by molar-refractivity contribution is 6.62. The maximum absolute atomic E-state index is 13.2. The van der Waals surface area contributed by atoms with Crippen LogP contribution < -0.4 is 25.7 Å². The fourth-order valence-electron chi connectivity index (χ4n) is 6.15. The average Bonchev–Trinajstić information content (AvgIpc) is 3.55. The van der Waals surface area contributed by atoms with E-state index in [-0.39, 0.29) is 17.9 Å². The SMILES string of the molecule is [CH2]c1cc(C(=O)Nc2cncc(Nc3cc4c(cn3)-c3ccc(N5CCCC5=O)cc3OC4C)c2)ccc1B1OC(C)(C)C(C)(C)O1. The number of carbonyl (C=O) groups is 2. The van der Waals surface area contributed by atoms with Gasteiger partial charge in [-0.25, -0.2) is 4.98 Å². The van der Waals surface area contributed by atoms with E-state index in [9.17, 15) is 9.59 Å². The summed E-state index contributed by atoms with van der Waals surface area (Å²) in [5.41, 5.74) is 5.92. The molecule has 2 N–H and O–H groups in total. The number of anilines is 4. The topological polar surface area (TPSA) is 115 Å². The maximum atomic E-state index is 13.2. The van der Waals surface area contributed by atoms with Crippen LogP contribution in [0.3, 0.4) is 0 Å². The Morgan fingerprint density at radius 2 is 1.74 bits per heavy atom. The molecule has 0 spiro atoms. The monoisotopic (exact) mass is 630 g/mol. The van der Waals surface area contributed by atoms with Crippen molar-refractivity contribution in [2.45, 2.75) is 64.8 Å². The van der Waals surface area contributed by atoms with E-state index in [0.717, 1.165) is 46.6 Å². The molecule has 4 aromatic rings. The first-order valence-electron chi connectivity index (χ1n) is 15.8. The molecule has 3 aliphatic heterocycles. The Balaban J connectivity index is 1.04. The molecule has 11 heteroatoms. The second kappa shape index (κ2) is 11.5. The molecule has 0 bridgehead atoms. The number of aromatic nitrogens is 2. The van der Waals surface area contributed by atoms with Gasteiger partial charge in [0.2, 0.25) is 5.91 Å². The van der Waals surface area contributed by atoms with Gasteiger partial charge in [0, 0.05) is 53.2 Å². The zero-order chi connectivity index (χ0) is 33.1. The number of benzene rings is 2. The molecular formula is C36H37BN5O5. The highest BCUT2D eigenvalue weighted by Gasteiger charge is 2.52. The van der Waals surface area contributed by atoms with Crippen LogP contribution in [-0.4, -0.2) is 46.6 Å². The Morgan fingerprint density at radius 3 is 2.47 bits per heavy atom. The molecule has 1 radical (unpaired) electrons. The van der Waals surface area contributed by atoms with Gasteiger partial charge in [0.1, 0.15) is 17.7 Å². The molecule has 1 unspecified atom stereocenters. The smallest absolute Gasteiger partial charge is 0.485 e. The predicted octanol–water partition coefficient (Wildman–Crippen LogP) is 6.20. The van der Waals surface area contributed by atoms with Crippen LogP contribution in [0.15, 0.2) is 67.1 Å². The van der Waals surface area contributed by atoms with Gasteiger partial charge in [0.25, 0.3) is 5.91 Å². The highest BCUT2D eigenvalue weighted by atomic mass is 16.7. The predicted molar refractivity (Wildman–Crippen MR) is 182 cm³/mol. The minimum absolute atomic E-state index is 0.143. The van der Waals surface area contributed by atoms with E-state index in [1.165, 1.54) is 0 Å². The first kappa shape index (κ1) is 30.9. The number of fused-ring (bicyclic) bond motifs is 3. The van der Waals surface area contributed by atoms with Crippen molar-refractivity contribution in [1.82, 2.24) is 9.97 Å². The van der Waals surface area contributed by atoms with Crippen LogP contribution in [0.1, 0.15) is 75.0 Å². The molecule has 0 saturated carbocycles. The summed E-state index contributed by atoms with van der Waals surface area (Å²) in [6, 6.07) is 15.0. The Hall–Kier alpha value is -4.74. The largest absolute Gasteiger partial charge is 0.495 e. The van der Waals surface area contributed by atoms with Gasteiger partial charge in [-0.2, -0.15) is 0 Å². The standard InChI is InChI=1S/C36H37BN5O5/c1-21-14-23(9-12-30(21)37-46-35(3,4)36(5,6)47-37)34(44)41-25-15-24(18-38-19-25)40-32-17-28-22(2)45-31-16-26(42-13-7-8-33(42)43)10-11-27(31)29(28)20-39-32/h9-12,14-20,22H,1,7-8,13H2,2-6H3,(H,39,40)(H,41,44). The fraction of sp³-hybridized carbons (Fsp3) is 0.306. The molecule has 2 aromatic carbocycles. The Bertz CT molecular complexity index is 1890. The maximum Gasteiger partial charge on any atom is 0.495 e. The van der Waals surface area contributed by atoms with E-state index in [0.29, 0.717) is 34.7 Å². The van der Waals surface area contributed by atoms with Gasteiger partial charge in [-0.15, -0.1) is 0 Å². The van der Waals surface area contributed by atoms with Crippen molar-refractivity contribution in [2.24, 2.45) is 0 Å². The minimum Gasteiger partial charge on any atom is -0.485 e. The number of hydrogen-bond donors (Lipinski definition) is 2. The van der Waals surface area contributed by atoms with Crippen LogP contribution in [-0.2, 0) is 14.1 Å². The number of nitrogens with one attached hydrogen (secondary N) is 2. The van der Waals surface area contributed by atoms with Crippen LogP contribution >= 0.6 is 0 Å². The Morgan fingerprint density at radius 1 is 0.979 bits per heavy atom. The third kappa shape index (κ3) is 5.74. The number of carbonyl (C=O) groups excluding carboxylic acids is 2. The van der Waals surface area contributed by atoms with Crippen LogP contribution in [0.4, 0.5) is 22.9 Å². The minimum atomic E-state index is -0.558. The van der Waals surface area contributed by atoms with E-state index < -0.39 is 18.3 Å². The number of rotatable bonds is 6. The molecular weight excluding hydrogens is 593 g/mol. The lowest BCUT2D eigenvalue weighted by atomic mass is 9.76. The lowest BCUT2D eigenvalue weighted by molar-refractivity contribution is -0.117. The molecule has 3 aliphatic rings. The first-order chi connectivity index (χ1) is 22.4. The molecule has 2 fully saturated rings. The van der Waals surface area contributed by atoms with Crippen LogP contribution in [0, 0.1) is 6.92 Å². The zero-order valence-corrected chi connectivity index (χ0v) is 27.2. The van der Waals surface area contributed by atoms with Crippen molar-refractivity contribution in [3.8, 4) is 16.9 Å². The molecule has 5 heterocycles. The molecule has 10 nitrogen and oxygen atoms in total. The molecule has 1 atom stereocenters. The Kier molecular flexibility index (Phi) is 7.56. The third-order valence-electron chi connectivity index (χ3n) is 9.50. The van der Waals surface area contributed by atoms with Gasteiger partial charge in [-0.3, -0.25) is 14.6 Å². The Labute approximate surface area is 275 Å². The lowest BCUT2D eigenvalue weighted by Crippen LogP contribution is -2.41. The summed E-state index contributed by atoms with van der Waals surface area (Å²) in [5, 5.41) is 6.23.